The van der Waals surface area contributed by atoms with Gasteiger partial charge in [-0.2, -0.15) is 0 Å². The highest BCUT2D eigenvalue weighted by atomic mass is 19.1. The number of carboxylic acid groups (broad SMARTS) is 3. The van der Waals surface area contributed by atoms with Gasteiger partial charge in [0, 0.05) is 13.0 Å². The minimum absolute atomic E-state index is 0.0551. The molecule has 2 unspecified atom stereocenters. The third kappa shape index (κ3) is 13.2. The molecule has 0 aromatic heterocycles. The molecule has 0 radical (unpaired) electrons. The molecule has 13 nitrogen and oxygen atoms in total. The highest BCUT2D eigenvalue weighted by Crippen LogP contribution is 2.03. The Morgan fingerprint density at radius 1 is 0.943 bits per heavy atom. The summed E-state index contributed by atoms with van der Waals surface area (Å²) in [5, 5.41) is 37.3. The van der Waals surface area contributed by atoms with Crippen LogP contribution >= 0.6 is 0 Å². The van der Waals surface area contributed by atoms with Crippen molar-refractivity contribution in [1.82, 2.24) is 16.0 Å². The second-order valence-corrected chi connectivity index (χ2v) is 7.24. The molecule has 1 aromatic carbocycles. The number of hydrogen-bond donors (Lipinski definition) is 6. The summed E-state index contributed by atoms with van der Waals surface area (Å²) in [5.74, 6) is -4.95. The first kappa shape index (κ1) is 28.8. The Kier molecular flexibility index (Phi) is 12.8. The zero-order chi connectivity index (χ0) is 26.2. The number of nitrogens with one attached hydrogen (secondary N) is 3. The molecule has 0 aliphatic carbocycles. The van der Waals surface area contributed by atoms with Crippen LogP contribution in [0.15, 0.2) is 29.4 Å². The topological polar surface area (TPSA) is 204 Å². The molecular weight excluding hydrogens is 471 g/mol. The molecule has 3 amide bonds. The van der Waals surface area contributed by atoms with Crippen LogP contribution in [0.1, 0.15) is 37.7 Å². The lowest BCUT2D eigenvalue weighted by atomic mass is 10.1. The van der Waals surface area contributed by atoms with E-state index >= 15 is 0 Å². The largest absolute Gasteiger partial charge is 0.481 e. The van der Waals surface area contributed by atoms with Crippen LogP contribution in [0.5, 0.6) is 0 Å². The van der Waals surface area contributed by atoms with Gasteiger partial charge in [-0.05, 0) is 43.4 Å². The quantitative estimate of drug-likeness (QED) is 0.107. The molecule has 0 spiro atoms. The molecule has 2 atom stereocenters. The maximum atomic E-state index is 12.8. The van der Waals surface area contributed by atoms with E-state index in [1.54, 1.807) is 0 Å². The van der Waals surface area contributed by atoms with Crippen LogP contribution in [-0.4, -0.2) is 76.6 Å². The zero-order valence-corrected chi connectivity index (χ0v) is 18.6. The first-order valence-electron chi connectivity index (χ1n) is 10.5. The fraction of sp³-hybridized carbons (Fsp3) is 0.429. The van der Waals surface area contributed by atoms with Gasteiger partial charge in [-0.15, -0.1) is 0 Å². The summed E-state index contributed by atoms with van der Waals surface area (Å²) in [6, 6.07) is 1.99. The van der Waals surface area contributed by atoms with Gasteiger partial charge in [0.15, 0.2) is 6.61 Å². The van der Waals surface area contributed by atoms with Gasteiger partial charge in [-0.25, -0.2) is 18.8 Å². The van der Waals surface area contributed by atoms with Crippen molar-refractivity contribution in [2.75, 3.05) is 13.2 Å². The second kappa shape index (κ2) is 15.6. The number of carbonyl (C=O) groups is 5. The predicted octanol–water partition coefficient (Wildman–Crippen LogP) is 0.533. The number of benzene rings is 1. The lowest BCUT2D eigenvalue weighted by Crippen LogP contribution is -2.46. The van der Waals surface area contributed by atoms with Crippen molar-refractivity contribution in [3.63, 3.8) is 0 Å². The van der Waals surface area contributed by atoms with E-state index in [9.17, 15) is 33.5 Å². The van der Waals surface area contributed by atoms with Crippen molar-refractivity contribution in [1.29, 1.82) is 0 Å². The number of nitrogens with zero attached hydrogens (tertiary/aromatic N) is 1. The lowest BCUT2D eigenvalue weighted by Gasteiger charge is -2.15. The molecule has 35 heavy (non-hydrogen) atoms. The molecule has 0 saturated carbocycles. The van der Waals surface area contributed by atoms with Gasteiger partial charge in [0.2, 0.25) is 0 Å². The van der Waals surface area contributed by atoms with Crippen molar-refractivity contribution < 1.29 is 48.5 Å². The van der Waals surface area contributed by atoms with Gasteiger partial charge in [0.25, 0.3) is 5.91 Å². The summed E-state index contributed by atoms with van der Waals surface area (Å²) in [7, 11) is 0. The number of aliphatic carboxylic acids is 3. The Morgan fingerprint density at radius 2 is 1.57 bits per heavy atom. The van der Waals surface area contributed by atoms with E-state index in [1.165, 1.54) is 30.5 Å². The van der Waals surface area contributed by atoms with Gasteiger partial charge < -0.3 is 36.1 Å². The van der Waals surface area contributed by atoms with Gasteiger partial charge in [0.05, 0.1) is 6.21 Å². The molecular formula is C21H27FN4O9. The monoisotopic (exact) mass is 498 g/mol. The van der Waals surface area contributed by atoms with E-state index in [2.05, 4.69) is 21.1 Å². The van der Waals surface area contributed by atoms with E-state index in [1.807, 2.05) is 0 Å². The van der Waals surface area contributed by atoms with Gasteiger partial charge in [-0.1, -0.05) is 17.3 Å². The van der Waals surface area contributed by atoms with Crippen molar-refractivity contribution in [3.05, 3.63) is 35.6 Å². The van der Waals surface area contributed by atoms with Crippen LogP contribution in [0.25, 0.3) is 0 Å². The van der Waals surface area contributed by atoms with Crippen molar-refractivity contribution >= 4 is 36.1 Å². The summed E-state index contributed by atoms with van der Waals surface area (Å²) in [6.45, 7) is -0.436. The molecule has 6 N–H and O–H groups in total. The number of carboxylic acids is 3. The summed E-state index contributed by atoms with van der Waals surface area (Å²) in [5.41, 5.74) is 0.538. The Balaban J connectivity index is 2.30. The average Bonchev–Trinajstić information content (AvgIpc) is 2.79. The number of unbranched alkanes of at least 4 members (excludes halogenated alkanes) is 1. The normalized spacial score (nSPS) is 12.4. The van der Waals surface area contributed by atoms with Crippen LogP contribution in [0.2, 0.25) is 0 Å². The fourth-order valence-corrected chi connectivity index (χ4v) is 2.65. The summed E-state index contributed by atoms with van der Waals surface area (Å²) in [4.78, 5) is 61.4. The van der Waals surface area contributed by atoms with E-state index in [0.717, 1.165) is 0 Å². The number of carbonyl (C=O) groups excluding carboxylic acids is 2. The molecule has 0 heterocycles. The SMILES string of the molecule is O=C(O)CCC(NC(=O)NCCCCC(NC(=O)CON=Cc1ccc(F)cc1)C(=O)O)C(=O)O. The Labute approximate surface area is 199 Å². The van der Waals surface area contributed by atoms with Crippen LogP contribution in [0, 0.1) is 5.82 Å². The first-order chi connectivity index (χ1) is 16.6. The summed E-state index contributed by atoms with van der Waals surface area (Å²) < 4.78 is 12.8. The smallest absolute Gasteiger partial charge is 0.326 e. The zero-order valence-electron chi connectivity index (χ0n) is 18.6. The third-order valence-electron chi connectivity index (χ3n) is 4.43. The van der Waals surface area contributed by atoms with Crippen molar-refractivity contribution in [2.24, 2.45) is 5.16 Å². The van der Waals surface area contributed by atoms with Crippen LogP contribution in [0.4, 0.5) is 9.18 Å². The van der Waals surface area contributed by atoms with Crippen molar-refractivity contribution in [2.45, 2.75) is 44.2 Å². The lowest BCUT2D eigenvalue weighted by molar-refractivity contribution is -0.143. The molecule has 1 rings (SSSR count). The van der Waals surface area contributed by atoms with Crippen LogP contribution in [-0.2, 0) is 24.0 Å². The first-order valence-corrected chi connectivity index (χ1v) is 10.5. The van der Waals surface area contributed by atoms with Gasteiger partial charge in [0.1, 0.15) is 17.9 Å². The van der Waals surface area contributed by atoms with Crippen LogP contribution in [0.3, 0.4) is 0 Å². The Bertz CT molecular complexity index is 909. The molecule has 0 bridgehead atoms. The summed E-state index contributed by atoms with van der Waals surface area (Å²) >= 11 is 0. The van der Waals surface area contributed by atoms with Crippen LogP contribution < -0.4 is 16.0 Å². The number of urea groups is 1. The van der Waals surface area contributed by atoms with E-state index in [-0.39, 0.29) is 19.4 Å². The second-order valence-electron chi connectivity index (χ2n) is 7.24. The maximum Gasteiger partial charge on any atom is 0.326 e. The number of amides is 3. The van der Waals surface area contributed by atoms with E-state index < -0.39 is 60.8 Å². The molecule has 0 aliphatic rings. The molecule has 192 valence electrons. The molecule has 0 aliphatic heterocycles. The number of rotatable bonds is 16. The molecule has 14 heteroatoms. The number of halogens is 1. The third-order valence-corrected chi connectivity index (χ3v) is 4.43. The maximum absolute atomic E-state index is 12.8. The predicted molar refractivity (Wildman–Crippen MR) is 118 cm³/mol. The molecule has 0 saturated heterocycles. The highest BCUT2D eigenvalue weighted by molar-refractivity contribution is 5.84. The van der Waals surface area contributed by atoms with Gasteiger partial charge >= 0.3 is 23.9 Å². The molecule has 0 fully saturated rings. The Hall–Kier alpha value is -4.23. The van der Waals surface area contributed by atoms with E-state index in [0.29, 0.717) is 18.4 Å². The minimum Gasteiger partial charge on any atom is -0.481 e. The number of hydrogen-bond acceptors (Lipinski definition) is 7. The average molecular weight is 498 g/mol. The molecule has 1 aromatic rings. The Morgan fingerprint density at radius 3 is 2.17 bits per heavy atom. The fourth-order valence-electron chi connectivity index (χ4n) is 2.65. The van der Waals surface area contributed by atoms with Gasteiger partial charge in [-0.3, -0.25) is 9.59 Å². The van der Waals surface area contributed by atoms with E-state index in [4.69, 9.17) is 15.1 Å². The summed E-state index contributed by atoms with van der Waals surface area (Å²) in [6.07, 6.45) is 1.25. The highest BCUT2D eigenvalue weighted by Gasteiger charge is 2.21. The number of oxime groups is 1. The van der Waals surface area contributed by atoms with Crippen molar-refractivity contribution in [3.8, 4) is 0 Å². The minimum atomic E-state index is -1.37. The standard InChI is InChI=1S/C21H27FN4O9/c22-14-6-4-13(5-7-14)11-24-35-12-17(27)25-15(19(30)31)3-1-2-10-23-21(34)26-16(20(32)33)8-9-18(28)29/h4-7,11,15-16H,1-3,8-10,12H2,(H,25,27)(H,28,29)(H,30,31)(H,32,33)(H2,23,26,34).